The van der Waals surface area contributed by atoms with Gasteiger partial charge in [-0.2, -0.15) is 0 Å². The number of hydrogen-bond donors (Lipinski definition) is 2. The zero-order valence-electron chi connectivity index (χ0n) is 11.6. The van der Waals surface area contributed by atoms with Crippen LogP contribution in [0.1, 0.15) is 28.8 Å². The Kier molecular flexibility index (Phi) is 4.43. The van der Waals surface area contributed by atoms with Crippen LogP contribution in [0.5, 0.6) is 0 Å². The molecule has 0 bridgehead atoms. The standard InChI is InChI=1S/C15H22N2O2/c1-11-13(15(18)19)4-3-5-14(11)16-10-12-6-8-17(2)9-7-12/h3-5,12,16H,6-10H2,1-2H3,(H,18,19). The quantitative estimate of drug-likeness (QED) is 0.875. The number of piperidine rings is 1. The Morgan fingerprint density at radius 1 is 1.42 bits per heavy atom. The Hall–Kier alpha value is -1.55. The van der Waals surface area contributed by atoms with Crippen molar-refractivity contribution in [2.24, 2.45) is 5.92 Å². The van der Waals surface area contributed by atoms with Gasteiger partial charge in [-0.25, -0.2) is 4.79 Å². The number of likely N-dealkylation sites (tertiary alicyclic amines) is 1. The Labute approximate surface area is 114 Å². The fourth-order valence-electron chi connectivity index (χ4n) is 2.58. The van der Waals surface area contributed by atoms with Crippen molar-refractivity contribution in [3.8, 4) is 0 Å². The molecule has 0 unspecified atom stereocenters. The summed E-state index contributed by atoms with van der Waals surface area (Å²) in [6, 6.07) is 5.41. The number of hydrogen-bond acceptors (Lipinski definition) is 3. The number of anilines is 1. The van der Waals surface area contributed by atoms with Crippen LogP contribution in [0.25, 0.3) is 0 Å². The maximum absolute atomic E-state index is 11.1. The van der Waals surface area contributed by atoms with E-state index in [0.717, 1.165) is 30.9 Å². The first kappa shape index (κ1) is 13.9. The highest BCUT2D eigenvalue weighted by Crippen LogP contribution is 2.21. The third-order valence-corrected chi connectivity index (χ3v) is 3.98. The van der Waals surface area contributed by atoms with Crippen molar-refractivity contribution in [3.05, 3.63) is 29.3 Å². The van der Waals surface area contributed by atoms with Gasteiger partial charge in [0.25, 0.3) is 0 Å². The minimum absolute atomic E-state index is 0.383. The van der Waals surface area contributed by atoms with Gasteiger partial charge in [-0.15, -0.1) is 0 Å². The predicted molar refractivity (Wildman–Crippen MR) is 76.8 cm³/mol. The van der Waals surface area contributed by atoms with Crippen molar-refractivity contribution < 1.29 is 9.90 Å². The number of carboxylic acid groups (broad SMARTS) is 1. The summed E-state index contributed by atoms with van der Waals surface area (Å²) in [7, 11) is 2.16. The van der Waals surface area contributed by atoms with E-state index in [2.05, 4.69) is 17.3 Å². The Morgan fingerprint density at radius 3 is 2.74 bits per heavy atom. The van der Waals surface area contributed by atoms with Crippen molar-refractivity contribution in [2.45, 2.75) is 19.8 Å². The molecule has 0 radical (unpaired) electrons. The minimum atomic E-state index is -0.861. The van der Waals surface area contributed by atoms with E-state index in [9.17, 15) is 4.79 Å². The van der Waals surface area contributed by atoms with E-state index in [1.165, 1.54) is 12.8 Å². The van der Waals surface area contributed by atoms with E-state index in [4.69, 9.17) is 5.11 Å². The van der Waals surface area contributed by atoms with Crippen molar-refractivity contribution in [1.29, 1.82) is 0 Å². The maximum Gasteiger partial charge on any atom is 0.336 e. The molecule has 1 saturated heterocycles. The predicted octanol–water partition coefficient (Wildman–Crippen LogP) is 2.45. The molecule has 2 N–H and O–H groups in total. The van der Waals surface area contributed by atoms with Crippen LogP contribution in [-0.4, -0.2) is 42.7 Å². The van der Waals surface area contributed by atoms with Gasteiger partial charge >= 0.3 is 5.97 Å². The number of rotatable bonds is 4. The lowest BCUT2D eigenvalue weighted by Crippen LogP contribution is -2.33. The Bertz CT molecular complexity index is 451. The lowest BCUT2D eigenvalue weighted by Gasteiger charge is -2.29. The second kappa shape index (κ2) is 6.06. The monoisotopic (exact) mass is 262 g/mol. The lowest BCUT2D eigenvalue weighted by atomic mass is 9.97. The van der Waals surface area contributed by atoms with Crippen LogP contribution in [0.4, 0.5) is 5.69 Å². The zero-order valence-corrected chi connectivity index (χ0v) is 11.6. The summed E-state index contributed by atoms with van der Waals surface area (Å²) in [4.78, 5) is 13.4. The summed E-state index contributed by atoms with van der Waals surface area (Å²) >= 11 is 0. The summed E-state index contributed by atoms with van der Waals surface area (Å²) in [6.07, 6.45) is 2.42. The number of carbonyl (C=O) groups is 1. The second-order valence-electron chi connectivity index (χ2n) is 5.41. The smallest absolute Gasteiger partial charge is 0.336 e. The van der Waals surface area contributed by atoms with E-state index in [1.807, 2.05) is 13.0 Å². The van der Waals surface area contributed by atoms with Crippen LogP contribution in [0.3, 0.4) is 0 Å². The molecule has 0 atom stereocenters. The fourth-order valence-corrected chi connectivity index (χ4v) is 2.58. The van der Waals surface area contributed by atoms with Crippen LogP contribution < -0.4 is 5.32 Å². The first-order chi connectivity index (χ1) is 9.08. The fraction of sp³-hybridized carbons (Fsp3) is 0.533. The number of benzene rings is 1. The lowest BCUT2D eigenvalue weighted by molar-refractivity contribution is 0.0696. The van der Waals surface area contributed by atoms with Gasteiger partial charge < -0.3 is 15.3 Å². The zero-order chi connectivity index (χ0) is 13.8. The third kappa shape index (κ3) is 3.47. The van der Waals surface area contributed by atoms with Gasteiger partial charge in [-0.05, 0) is 63.5 Å². The number of carboxylic acids is 1. The summed E-state index contributed by atoms with van der Waals surface area (Å²) in [6.45, 7) is 5.10. The van der Waals surface area contributed by atoms with E-state index >= 15 is 0 Å². The van der Waals surface area contributed by atoms with Crippen molar-refractivity contribution in [1.82, 2.24) is 4.90 Å². The number of nitrogens with zero attached hydrogens (tertiary/aromatic N) is 1. The average Bonchev–Trinajstić information content (AvgIpc) is 2.39. The van der Waals surface area contributed by atoms with Crippen LogP contribution in [0.15, 0.2) is 18.2 Å². The van der Waals surface area contributed by atoms with Gasteiger partial charge in [0.1, 0.15) is 0 Å². The molecule has 1 fully saturated rings. The molecule has 0 amide bonds. The van der Waals surface area contributed by atoms with Crippen LogP contribution in [0, 0.1) is 12.8 Å². The van der Waals surface area contributed by atoms with Gasteiger partial charge in [0.2, 0.25) is 0 Å². The van der Waals surface area contributed by atoms with Gasteiger partial charge in [-0.1, -0.05) is 6.07 Å². The van der Waals surface area contributed by atoms with Gasteiger partial charge in [0, 0.05) is 12.2 Å². The molecule has 1 aromatic carbocycles. The molecule has 2 rings (SSSR count). The SMILES string of the molecule is Cc1c(NCC2CCN(C)CC2)cccc1C(=O)O. The summed E-state index contributed by atoms with van der Waals surface area (Å²) < 4.78 is 0. The van der Waals surface area contributed by atoms with Gasteiger partial charge in [0.15, 0.2) is 0 Å². The van der Waals surface area contributed by atoms with Gasteiger partial charge in [-0.3, -0.25) is 0 Å². The molecule has 104 valence electrons. The van der Waals surface area contributed by atoms with E-state index in [1.54, 1.807) is 12.1 Å². The molecular formula is C15H22N2O2. The van der Waals surface area contributed by atoms with Crippen LogP contribution >= 0.6 is 0 Å². The first-order valence-corrected chi connectivity index (χ1v) is 6.83. The highest BCUT2D eigenvalue weighted by atomic mass is 16.4. The largest absolute Gasteiger partial charge is 0.478 e. The molecule has 0 aliphatic carbocycles. The Morgan fingerprint density at radius 2 is 2.11 bits per heavy atom. The molecule has 1 aliphatic rings. The van der Waals surface area contributed by atoms with Crippen molar-refractivity contribution in [2.75, 3.05) is 32.0 Å². The highest BCUT2D eigenvalue weighted by molar-refractivity contribution is 5.91. The third-order valence-electron chi connectivity index (χ3n) is 3.98. The molecule has 0 aromatic heterocycles. The minimum Gasteiger partial charge on any atom is -0.478 e. The summed E-state index contributed by atoms with van der Waals surface area (Å²) in [5.41, 5.74) is 2.15. The molecule has 0 saturated carbocycles. The molecule has 19 heavy (non-hydrogen) atoms. The highest BCUT2D eigenvalue weighted by Gasteiger charge is 2.17. The molecule has 1 heterocycles. The number of aromatic carboxylic acids is 1. The average molecular weight is 262 g/mol. The molecule has 0 spiro atoms. The second-order valence-corrected chi connectivity index (χ2v) is 5.41. The van der Waals surface area contributed by atoms with Crippen molar-refractivity contribution in [3.63, 3.8) is 0 Å². The molecule has 4 heteroatoms. The Balaban J connectivity index is 1.96. The first-order valence-electron chi connectivity index (χ1n) is 6.83. The summed E-state index contributed by atoms with van der Waals surface area (Å²) in [5.74, 6) is -0.176. The van der Waals surface area contributed by atoms with Gasteiger partial charge in [0.05, 0.1) is 5.56 Å². The molecule has 1 aliphatic heterocycles. The van der Waals surface area contributed by atoms with Crippen LogP contribution in [0.2, 0.25) is 0 Å². The molecule has 4 nitrogen and oxygen atoms in total. The van der Waals surface area contributed by atoms with Crippen LogP contribution in [-0.2, 0) is 0 Å². The van der Waals surface area contributed by atoms with E-state index in [0.29, 0.717) is 11.5 Å². The van der Waals surface area contributed by atoms with E-state index in [-0.39, 0.29) is 0 Å². The van der Waals surface area contributed by atoms with Crippen molar-refractivity contribution >= 4 is 11.7 Å². The number of nitrogens with one attached hydrogen (secondary N) is 1. The molecule has 1 aromatic rings. The normalized spacial score (nSPS) is 17.4. The maximum atomic E-state index is 11.1. The summed E-state index contributed by atoms with van der Waals surface area (Å²) in [5, 5.41) is 12.5. The van der Waals surface area contributed by atoms with E-state index < -0.39 is 5.97 Å². The topological polar surface area (TPSA) is 52.6 Å². The molecular weight excluding hydrogens is 240 g/mol.